The molecule has 3 rings (SSSR count). The van der Waals surface area contributed by atoms with Crippen LogP contribution in [0.1, 0.15) is 37.7 Å². The molecule has 4 nitrogen and oxygen atoms in total. The number of nitrogens with one attached hydrogen (secondary N) is 1. The number of hydrogen-bond donors (Lipinski definition) is 2. The minimum absolute atomic E-state index is 0.260. The molecule has 132 valence electrons. The highest BCUT2D eigenvalue weighted by Crippen LogP contribution is 2.28. The zero-order chi connectivity index (χ0) is 16.8. The summed E-state index contributed by atoms with van der Waals surface area (Å²) < 4.78 is 0. The van der Waals surface area contributed by atoms with Crippen LogP contribution in [0, 0.1) is 0 Å². The van der Waals surface area contributed by atoms with Gasteiger partial charge in [-0.05, 0) is 74.4 Å². The molecule has 5 heteroatoms. The van der Waals surface area contributed by atoms with Crippen LogP contribution in [-0.2, 0) is 11.2 Å². The van der Waals surface area contributed by atoms with Gasteiger partial charge < -0.3 is 15.3 Å². The molecular formula is C19H28N2O2S. The molecule has 0 saturated carbocycles. The van der Waals surface area contributed by atoms with E-state index < -0.39 is 5.60 Å². The Kier molecular flexibility index (Phi) is 6.19. The van der Waals surface area contributed by atoms with Crippen molar-refractivity contribution in [2.75, 3.05) is 36.5 Å². The predicted molar refractivity (Wildman–Crippen MR) is 101 cm³/mol. The summed E-state index contributed by atoms with van der Waals surface area (Å²) in [7, 11) is 0. The number of likely N-dealkylation sites (tertiary alicyclic amines) is 1. The third kappa shape index (κ3) is 4.74. The highest BCUT2D eigenvalue weighted by atomic mass is 32.2. The Labute approximate surface area is 149 Å². The van der Waals surface area contributed by atoms with Crippen LogP contribution in [0.2, 0.25) is 0 Å². The highest BCUT2D eigenvalue weighted by molar-refractivity contribution is 7.99. The first-order valence-electron chi connectivity index (χ1n) is 9.09. The molecule has 2 fully saturated rings. The van der Waals surface area contributed by atoms with Crippen LogP contribution in [0.4, 0.5) is 5.69 Å². The maximum atomic E-state index is 12.3. The molecular weight excluding hydrogens is 320 g/mol. The molecule has 1 amide bonds. The van der Waals surface area contributed by atoms with Crippen LogP contribution in [0.15, 0.2) is 24.3 Å². The Balaban J connectivity index is 1.49. The smallest absolute Gasteiger partial charge is 0.256 e. The number of nitrogens with zero attached hydrogens (tertiary/aromatic N) is 1. The number of piperidine rings is 1. The molecule has 2 aliphatic heterocycles. The van der Waals surface area contributed by atoms with E-state index in [0.29, 0.717) is 12.8 Å². The molecule has 0 bridgehead atoms. The number of thioether (sulfide) groups is 1. The van der Waals surface area contributed by atoms with E-state index in [9.17, 15) is 9.90 Å². The van der Waals surface area contributed by atoms with Gasteiger partial charge in [0.05, 0.1) is 0 Å². The van der Waals surface area contributed by atoms with Crippen LogP contribution in [0.5, 0.6) is 0 Å². The molecule has 2 N–H and O–H groups in total. The van der Waals surface area contributed by atoms with Crippen molar-refractivity contribution in [3.63, 3.8) is 0 Å². The largest absolute Gasteiger partial charge is 0.380 e. The summed E-state index contributed by atoms with van der Waals surface area (Å²) in [5.41, 5.74) is 0.873. The summed E-state index contributed by atoms with van der Waals surface area (Å²) in [5.74, 6) is 1.43. The normalized spacial score (nSPS) is 21.4. The molecule has 1 aromatic rings. The molecule has 0 radical (unpaired) electrons. The van der Waals surface area contributed by atoms with Gasteiger partial charge in [-0.1, -0.05) is 18.6 Å². The average Bonchev–Trinajstić information content (AvgIpc) is 2.62. The van der Waals surface area contributed by atoms with Gasteiger partial charge in [0.25, 0.3) is 5.91 Å². The zero-order valence-electron chi connectivity index (χ0n) is 14.3. The van der Waals surface area contributed by atoms with Crippen molar-refractivity contribution in [2.45, 2.75) is 44.1 Å². The van der Waals surface area contributed by atoms with Crippen molar-refractivity contribution in [3.05, 3.63) is 29.8 Å². The van der Waals surface area contributed by atoms with Crippen LogP contribution in [0.3, 0.4) is 0 Å². The lowest BCUT2D eigenvalue weighted by Gasteiger charge is -2.30. The molecule has 2 heterocycles. The minimum atomic E-state index is -1.20. The second kappa shape index (κ2) is 8.37. The second-order valence-electron chi connectivity index (χ2n) is 6.95. The molecule has 0 unspecified atom stereocenters. The standard InChI is InChI=1S/C19H28N2O2S/c22-18(19(23)9-14-24-15-10-19)20-17-6-4-16(5-7-17)8-13-21-11-2-1-3-12-21/h4-7,23H,1-3,8-15H2,(H,20,22). The van der Waals surface area contributed by atoms with Gasteiger partial charge in [0.1, 0.15) is 5.60 Å². The van der Waals surface area contributed by atoms with Gasteiger partial charge in [0.15, 0.2) is 0 Å². The highest BCUT2D eigenvalue weighted by Gasteiger charge is 2.37. The number of amides is 1. The Hall–Kier alpha value is -1.04. The van der Waals surface area contributed by atoms with Gasteiger partial charge in [-0.3, -0.25) is 4.79 Å². The molecule has 2 aliphatic rings. The number of benzene rings is 1. The fourth-order valence-electron chi connectivity index (χ4n) is 3.41. The minimum Gasteiger partial charge on any atom is -0.380 e. The fourth-order valence-corrected chi connectivity index (χ4v) is 4.58. The summed E-state index contributed by atoms with van der Waals surface area (Å²) in [6, 6.07) is 8.06. The van der Waals surface area contributed by atoms with E-state index in [4.69, 9.17) is 0 Å². The number of aliphatic hydroxyl groups is 1. The lowest BCUT2D eigenvalue weighted by molar-refractivity contribution is -0.134. The monoisotopic (exact) mass is 348 g/mol. The summed E-state index contributed by atoms with van der Waals surface area (Å²) in [6.45, 7) is 3.57. The first-order chi connectivity index (χ1) is 11.7. The molecule has 0 spiro atoms. The average molecular weight is 349 g/mol. The zero-order valence-corrected chi connectivity index (χ0v) is 15.1. The van der Waals surface area contributed by atoms with Crippen molar-refractivity contribution in [1.29, 1.82) is 0 Å². The molecule has 0 atom stereocenters. The first kappa shape index (κ1) is 17.8. The van der Waals surface area contributed by atoms with Gasteiger partial charge in [0, 0.05) is 12.2 Å². The number of anilines is 1. The topological polar surface area (TPSA) is 52.6 Å². The maximum absolute atomic E-state index is 12.3. The first-order valence-corrected chi connectivity index (χ1v) is 10.2. The third-order valence-electron chi connectivity index (χ3n) is 5.12. The summed E-state index contributed by atoms with van der Waals surface area (Å²) in [6.07, 6.45) is 6.15. The molecule has 0 aliphatic carbocycles. The molecule has 2 saturated heterocycles. The van der Waals surface area contributed by atoms with E-state index in [-0.39, 0.29) is 5.91 Å². The van der Waals surface area contributed by atoms with E-state index in [2.05, 4.69) is 22.3 Å². The van der Waals surface area contributed by atoms with E-state index >= 15 is 0 Å². The second-order valence-corrected chi connectivity index (χ2v) is 8.17. The third-order valence-corrected chi connectivity index (χ3v) is 6.11. The quantitative estimate of drug-likeness (QED) is 0.859. The van der Waals surface area contributed by atoms with E-state index in [0.717, 1.165) is 30.2 Å². The predicted octanol–water partition coefficient (Wildman–Crippen LogP) is 2.91. The SMILES string of the molecule is O=C(Nc1ccc(CCN2CCCCC2)cc1)C1(O)CCSCC1. The van der Waals surface area contributed by atoms with Crippen LogP contribution < -0.4 is 5.32 Å². The van der Waals surface area contributed by atoms with Crippen LogP contribution >= 0.6 is 11.8 Å². The Morgan fingerprint density at radius 1 is 1.12 bits per heavy atom. The van der Waals surface area contributed by atoms with Gasteiger partial charge >= 0.3 is 0 Å². The van der Waals surface area contributed by atoms with Crippen LogP contribution in [-0.4, -0.2) is 52.7 Å². The van der Waals surface area contributed by atoms with Crippen molar-refractivity contribution in [1.82, 2.24) is 4.90 Å². The van der Waals surface area contributed by atoms with Gasteiger partial charge in [-0.2, -0.15) is 11.8 Å². The van der Waals surface area contributed by atoms with Gasteiger partial charge in [0.2, 0.25) is 0 Å². The Morgan fingerprint density at radius 2 is 1.79 bits per heavy atom. The van der Waals surface area contributed by atoms with Crippen LogP contribution in [0.25, 0.3) is 0 Å². The summed E-state index contributed by atoms with van der Waals surface area (Å²) in [4.78, 5) is 14.9. The van der Waals surface area contributed by atoms with Gasteiger partial charge in [-0.25, -0.2) is 0 Å². The van der Waals surface area contributed by atoms with E-state index in [1.54, 1.807) is 11.8 Å². The molecule has 0 aromatic heterocycles. The van der Waals surface area contributed by atoms with Crippen molar-refractivity contribution >= 4 is 23.4 Å². The van der Waals surface area contributed by atoms with Crippen molar-refractivity contribution in [2.24, 2.45) is 0 Å². The summed E-state index contributed by atoms with van der Waals surface area (Å²) in [5, 5.41) is 13.3. The number of carbonyl (C=O) groups excluding carboxylic acids is 1. The van der Waals surface area contributed by atoms with Crippen molar-refractivity contribution in [3.8, 4) is 0 Å². The number of rotatable bonds is 5. The van der Waals surface area contributed by atoms with Crippen molar-refractivity contribution < 1.29 is 9.90 Å². The summed E-state index contributed by atoms with van der Waals surface area (Å²) >= 11 is 1.80. The van der Waals surface area contributed by atoms with Gasteiger partial charge in [-0.15, -0.1) is 0 Å². The van der Waals surface area contributed by atoms with E-state index in [1.807, 2.05) is 12.1 Å². The molecule has 24 heavy (non-hydrogen) atoms. The van der Waals surface area contributed by atoms with E-state index in [1.165, 1.54) is 37.9 Å². The lowest BCUT2D eigenvalue weighted by Crippen LogP contribution is -2.45. The fraction of sp³-hybridized carbons (Fsp3) is 0.632. The number of carbonyl (C=O) groups is 1. The Bertz CT molecular complexity index is 535. The lowest BCUT2D eigenvalue weighted by atomic mass is 9.95. The number of hydrogen-bond acceptors (Lipinski definition) is 4. The maximum Gasteiger partial charge on any atom is 0.256 e. The Morgan fingerprint density at radius 3 is 2.46 bits per heavy atom. The molecule has 1 aromatic carbocycles.